The van der Waals surface area contributed by atoms with Crippen molar-refractivity contribution in [1.29, 1.82) is 0 Å². The van der Waals surface area contributed by atoms with Crippen LogP contribution >= 0.6 is 0 Å². The lowest BCUT2D eigenvalue weighted by molar-refractivity contribution is -0.0847. The molecule has 0 aliphatic heterocycles. The van der Waals surface area contributed by atoms with Crippen molar-refractivity contribution >= 4 is 5.82 Å². The lowest BCUT2D eigenvalue weighted by Crippen LogP contribution is -2.38. The van der Waals surface area contributed by atoms with Crippen LogP contribution in [0.5, 0.6) is 0 Å². The molecule has 0 aromatic carbocycles. The fraction of sp³-hybridized carbons (Fsp3) is 0.765. The number of anilines is 1. The molecule has 2 aliphatic rings. The molecule has 0 radical (unpaired) electrons. The van der Waals surface area contributed by atoms with Gasteiger partial charge in [-0.1, -0.05) is 13.3 Å². The third-order valence-corrected chi connectivity index (χ3v) is 4.94. The van der Waals surface area contributed by atoms with Crippen molar-refractivity contribution in [3.63, 3.8) is 0 Å². The Morgan fingerprint density at radius 2 is 1.90 bits per heavy atom. The quantitative estimate of drug-likeness (QED) is 0.841. The molecule has 1 fully saturated rings. The molecule has 0 saturated heterocycles. The first-order chi connectivity index (χ1) is 10.3. The monoisotopic (exact) mass is 289 g/mol. The van der Waals surface area contributed by atoms with Gasteiger partial charge in [-0.15, -0.1) is 0 Å². The zero-order valence-electron chi connectivity index (χ0n) is 13.4. The number of methoxy groups -OCH3 is 1. The van der Waals surface area contributed by atoms with Crippen molar-refractivity contribution in [3.05, 3.63) is 17.1 Å². The predicted octanol–water partition coefficient (Wildman–Crippen LogP) is 3.59. The third kappa shape index (κ3) is 2.78. The molecule has 1 aromatic heterocycles. The third-order valence-electron chi connectivity index (χ3n) is 4.94. The zero-order chi connectivity index (χ0) is 14.7. The Hall–Kier alpha value is -1.16. The predicted molar refractivity (Wildman–Crippen MR) is 84.6 cm³/mol. The Morgan fingerprint density at radius 3 is 2.57 bits per heavy atom. The van der Waals surface area contributed by atoms with E-state index in [1.165, 1.54) is 36.9 Å². The number of hydrogen-bond acceptors (Lipinski definition) is 4. The summed E-state index contributed by atoms with van der Waals surface area (Å²) in [7, 11) is 1.80. The smallest absolute Gasteiger partial charge is 0.162 e. The molecule has 1 saturated carbocycles. The van der Waals surface area contributed by atoms with Gasteiger partial charge in [0.2, 0.25) is 0 Å². The van der Waals surface area contributed by atoms with Crippen LogP contribution in [0.15, 0.2) is 0 Å². The molecule has 4 heteroatoms. The minimum atomic E-state index is -0.218. The van der Waals surface area contributed by atoms with E-state index in [0.717, 1.165) is 50.3 Å². The second-order valence-electron chi connectivity index (χ2n) is 6.36. The average molecular weight is 289 g/mol. The summed E-state index contributed by atoms with van der Waals surface area (Å²) in [5, 5.41) is 3.53. The van der Waals surface area contributed by atoms with E-state index in [4.69, 9.17) is 14.7 Å². The van der Waals surface area contributed by atoms with Crippen molar-refractivity contribution in [1.82, 2.24) is 9.97 Å². The molecule has 1 aromatic rings. The van der Waals surface area contributed by atoms with E-state index >= 15 is 0 Å². The number of nitrogens with one attached hydrogen (secondary N) is 1. The molecule has 0 bridgehead atoms. The van der Waals surface area contributed by atoms with E-state index in [-0.39, 0.29) is 5.60 Å². The summed E-state index contributed by atoms with van der Waals surface area (Å²) in [5.41, 5.74) is 2.40. The van der Waals surface area contributed by atoms with Crippen molar-refractivity contribution in [2.75, 3.05) is 19.0 Å². The van der Waals surface area contributed by atoms with Crippen LogP contribution in [0.4, 0.5) is 5.82 Å². The van der Waals surface area contributed by atoms with Crippen LogP contribution in [0.25, 0.3) is 0 Å². The molecule has 116 valence electrons. The molecule has 1 heterocycles. The van der Waals surface area contributed by atoms with Gasteiger partial charge in [0.1, 0.15) is 11.4 Å². The summed E-state index contributed by atoms with van der Waals surface area (Å²) in [4.78, 5) is 9.81. The van der Waals surface area contributed by atoms with Crippen molar-refractivity contribution in [3.8, 4) is 0 Å². The first kappa shape index (κ1) is 14.8. The van der Waals surface area contributed by atoms with E-state index in [0.29, 0.717) is 0 Å². The fourth-order valence-corrected chi connectivity index (χ4v) is 3.38. The summed E-state index contributed by atoms with van der Waals surface area (Å²) < 4.78 is 5.79. The van der Waals surface area contributed by atoms with Crippen LogP contribution in [0.3, 0.4) is 0 Å². The molecule has 3 rings (SSSR count). The summed E-state index contributed by atoms with van der Waals surface area (Å²) in [5.74, 6) is 1.98. The number of aromatic nitrogens is 2. The Labute approximate surface area is 127 Å². The number of nitrogens with zero attached hydrogens (tertiary/aromatic N) is 2. The molecule has 0 atom stereocenters. The molecular weight excluding hydrogens is 262 g/mol. The van der Waals surface area contributed by atoms with Gasteiger partial charge in [-0.25, -0.2) is 9.97 Å². The van der Waals surface area contributed by atoms with Crippen LogP contribution in [-0.2, 0) is 23.2 Å². The van der Waals surface area contributed by atoms with E-state index in [2.05, 4.69) is 12.2 Å². The highest BCUT2D eigenvalue weighted by atomic mass is 16.5. The zero-order valence-corrected chi connectivity index (χ0v) is 13.4. The van der Waals surface area contributed by atoms with E-state index in [1.54, 1.807) is 7.11 Å². The van der Waals surface area contributed by atoms with Gasteiger partial charge in [0, 0.05) is 24.9 Å². The first-order valence-electron chi connectivity index (χ1n) is 8.48. The van der Waals surface area contributed by atoms with Crippen LogP contribution < -0.4 is 5.32 Å². The summed E-state index contributed by atoms with van der Waals surface area (Å²) in [6, 6.07) is 0. The minimum absolute atomic E-state index is 0.218. The Bertz CT molecular complexity index is 492. The van der Waals surface area contributed by atoms with E-state index in [9.17, 15) is 0 Å². The van der Waals surface area contributed by atoms with Gasteiger partial charge in [0.15, 0.2) is 5.82 Å². The number of ether oxygens (including phenoxy) is 1. The lowest BCUT2D eigenvalue weighted by Gasteiger charge is -2.39. The molecule has 0 spiro atoms. The second-order valence-corrected chi connectivity index (χ2v) is 6.36. The van der Waals surface area contributed by atoms with Crippen molar-refractivity contribution in [2.24, 2.45) is 0 Å². The molecule has 0 amide bonds. The Balaban J connectivity index is 1.99. The average Bonchev–Trinajstić information content (AvgIpc) is 2.69. The van der Waals surface area contributed by atoms with Crippen LogP contribution in [0, 0.1) is 0 Å². The van der Waals surface area contributed by atoms with Gasteiger partial charge in [-0.05, 0) is 51.4 Å². The second kappa shape index (κ2) is 6.30. The van der Waals surface area contributed by atoms with Gasteiger partial charge in [-0.2, -0.15) is 0 Å². The summed E-state index contributed by atoms with van der Waals surface area (Å²) in [6.07, 6.45) is 10.4. The van der Waals surface area contributed by atoms with Gasteiger partial charge in [-0.3, -0.25) is 0 Å². The summed E-state index contributed by atoms with van der Waals surface area (Å²) in [6.45, 7) is 3.17. The maximum atomic E-state index is 5.79. The molecule has 21 heavy (non-hydrogen) atoms. The van der Waals surface area contributed by atoms with Gasteiger partial charge >= 0.3 is 0 Å². The molecular formula is C17H27N3O. The number of rotatable bonds is 5. The largest absolute Gasteiger partial charge is 0.370 e. The lowest BCUT2D eigenvalue weighted by atomic mass is 9.79. The standard InChI is InChI=1S/C17H27N3O/c1-3-12-18-15-13-8-5-4-6-9-14(13)19-16(20-15)17(21-2)10-7-11-17/h3-12H2,1-2H3,(H,18,19,20). The first-order valence-corrected chi connectivity index (χ1v) is 8.48. The molecule has 1 N–H and O–H groups in total. The Kier molecular flexibility index (Phi) is 4.43. The van der Waals surface area contributed by atoms with Crippen molar-refractivity contribution in [2.45, 2.75) is 70.3 Å². The molecule has 0 unspecified atom stereocenters. The van der Waals surface area contributed by atoms with Crippen LogP contribution in [0.2, 0.25) is 0 Å². The normalized spacial score (nSPS) is 20.3. The van der Waals surface area contributed by atoms with Gasteiger partial charge in [0.25, 0.3) is 0 Å². The maximum absolute atomic E-state index is 5.79. The van der Waals surface area contributed by atoms with E-state index < -0.39 is 0 Å². The maximum Gasteiger partial charge on any atom is 0.162 e. The number of aryl methyl sites for hydroxylation is 1. The van der Waals surface area contributed by atoms with Crippen molar-refractivity contribution < 1.29 is 4.74 Å². The SMILES string of the molecule is CCCNc1nc(C2(OC)CCC2)nc2c1CCCCC2. The Morgan fingerprint density at radius 1 is 1.10 bits per heavy atom. The number of hydrogen-bond donors (Lipinski definition) is 1. The fourth-order valence-electron chi connectivity index (χ4n) is 3.38. The molecule has 4 nitrogen and oxygen atoms in total. The molecule has 2 aliphatic carbocycles. The highest BCUT2D eigenvalue weighted by molar-refractivity contribution is 5.48. The topological polar surface area (TPSA) is 47.0 Å². The highest BCUT2D eigenvalue weighted by Crippen LogP contribution is 2.43. The van der Waals surface area contributed by atoms with Gasteiger partial charge < -0.3 is 10.1 Å². The van der Waals surface area contributed by atoms with Gasteiger partial charge in [0.05, 0.1) is 0 Å². The van der Waals surface area contributed by atoms with E-state index in [1.807, 2.05) is 0 Å². The summed E-state index contributed by atoms with van der Waals surface area (Å²) >= 11 is 0. The minimum Gasteiger partial charge on any atom is -0.370 e. The van der Waals surface area contributed by atoms with Crippen LogP contribution in [-0.4, -0.2) is 23.6 Å². The number of fused-ring (bicyclic) bond motifs is 1. The highest BCUT2D eigenvalue weighted by Gasteiger charge is 2.42. The van der Waals surface area contributed by atoms with Crippen LogP contribution in [0.1, 0.15) is 69.0 Å².